The Kier molecular flexibility index (Phi) is 5.51. The molecule has 2 aromatic rings. The lowest BCUT2D eigenvalue weighted by Gasteiger charge is -2.43. The van der Waals surface area contributed by atoms with Crippen molar-refractivity contribution in [3.8, 4) is 0 Å². The first-order valence-corrected chi connectivity index (χ1v) is 11.0. The second kappa shape index (κ2) is 8.59. The number of hydrogen-bond acceptors (Lipinski definition) is 4. The number of urea groups is 1. The van der Waals surface area contributed by atoms with E-state index in [1.807, 2.05) is 51.1 Å². The molecular formula is C24H28N4O3. The third-order valence-electron chi connectivity index (χ3n) is 6.44. The molecule has 7 nitrogen and oxygen atoms in total. The number of anilines is 1. The Morgan fingerprint density at radius 1 is 0.774 bits per heavy atom. The van der Waals surface area contributed by atoms with Gasteiger partial charge in [0.25, 0.3) is 5.91 Å². The quantitative estimate of drug-likeness (QED) is 0.710. The molecular weight excluding hydrogens is 392 g/mol. The Bertz CT molecular complexity index is 945. The largest absolute Gasteiger partial charge is 0.378 e. The van der Waals surface area contributed by atoms with Crippen molar-refractivity contribution in [1.82, 2.24) is 14.7 Å². The summed E-state index contributed by atoms with van der Waals surface area (Å²) in [5.41, 5.74) is 3.05. The molecule has 0 aliphatic carbocycles. The van der Waals surface area contributed by atoms with Crippen LogP contribution in [0, 0.1) is 0 Å². The highest BCUT2D eigenvalue weighted by Gasteiger charge is 2.37. The highest BCUT2D eigenvalue weighted by atomic mass is 16.5. The van der Waals surface area contributed by atoms with Gasteiger partial charge in [-0.25, -0.2) is 4.79 Å². The molecule has 3 aliphatic heterocycles. The third-order valence-corrected chi connectivity index (χ3v) is 6.44. The van der Waals surface area contributed by atoms with Gasteiger partial charge in [-0.05, 0) is 23.8 Å². The summed E-state index contributed by atoms with van der Waals surface area (Å²) in [6.07, 6.45) is 0. The maximum absolute atomic E-state index is 13.3. The van der Waals surface area contributed by atoms with E-state index in [-0.39, 0.29) is 18.0 Å². The maximum atomic E-state index is 13.3. The second-order valence-corrected chi connectivity index (χ2v) is 8.36. The smallest absolute Gasteiger partial charge is 0.320 e. The van der Waals surface area contributed by atoms with Crippen LogP contribution in [0.2, 0.25) is 0 Å². The fraction of sp³-hybridized carbons (Fsp3) is 0.417. The monoisotopic (exact) mass is 420 g/mol. The lowest BCUT2D eigenvalue weighted by molar-refractivity contribution is 0.0414. The van der Waals surface area contributed by atoms with Crippen molar-refractivity contribution >= 4 is 17.6 Å². The Morgan fingerprint density at radius 2 is 1.48 bits per heavy atom. The first-order chi connectivity index (χ1) is 15.2. The summed E-state index contributed by atoms with van der Waals surface area (Å²) in [5.74, 6) is 0.0591. The average molecular weight is 421 g/mol. The molecule has 3 heterocycles. The predicted molar refractivity (Wildman–Crippen MR) is 118 cm³/mol. The lowest BCUT2D eigenvalue weighted by Crippen LogP contribution is -2.59. The highest BCUT2D eigenvalue weighted by molar-refractivity contribution is 5.94. The highest BCUT2D eigenvalue weighted by Crippen LogP contribution is 2.30. The minimum Gasteiger partial charge on any atom is -0.378 e. The molecule has 31 heavy (non-hydrogen) atoms. The molecule has 162 valence electrons. The summed E-state index contributed by atoms with van der Waals surface area (Å²) in [6, 6.07) is 17.9. The fourth-order valence-electron chi connectivity index (χ4n) is 4.83. The number of hydrogen-bond donors (Lipinski definition) is 0. The lowest BCUT2D eigenvalue weighted by atomic mass is 10.1. The summed E-state index contributed by atoms with van der Waals surface area (Å²) in [6.45, 7) is 5.67. The summed E-state index contributed by atoms with van der Waals surface area (Å²) in [7, 11) is 0. The zero-order valence-corrected chi connectivity index (χ0v) is 17.7. The zero-order chi connectivity index (χ0) is 21.2. The van der Waals surface area contributed by atoms with Crippen molar-refractivity contribution in [3.63, 3.8) is 0 Å². The van der Waals surface area contributed by atoms with Crippen LogP contribution in [0.4, 0.5) is 10.5 Å². The topological polar surface area (TPSA) is 56.3 Å². The minimum absolute atomic E-state index is 0.0591. The number of carbonyl (C=O) groups is 2. The Hall–Kier alpha value is -3.06. The number of carbonyl (C=O) groups excluding carboxylic acids is 2. The number of rotatable bonds is 1. The van der Waals surface area contributed by atoms with Gasteiger partial charge in [-0.15, -0.1) is 0 Å². The number of para-hydroxylation sites is 1. The molecule has 2 aromatic carbocycles. The van der Waals surface area contributed by atoms with E-state index >= 15 is 0 Å². The average Bonchev–Trinajstić information content (AvgIpc) is 3.00. The van der Waals surface area contributed by atoms with Gasteiger partial charge in [0.05, 0.1) is 19.3 Å². The van der Waals surface area contributed by atoms with Gasteiger partial charge in [0.1, 0.15) is 0 Å². The number of morpholine rings is 1. The Morgan fingerprint density at radius 3 is 2.29 bits per heavy atom. The summed E-state index contributed by atoms with van der Waals surface area (Å²) in [5, 5.41) is 0. The van der Waals surface area contributed by atoms with Gasteiger partial charge >= 0.3 is 6.03 Å². The maximum Gasteiger partial charge on any atom is 0.320 e. The number of ether oxygens (including phenoxy) is 1. The standard InChI is InChI=1S/C24H28N4O3/c29-23(19-6-2-1-3-7-19)26-10-11-28-21(17-26)18-27(16-20-8-4-5-9-22(20)28)24(30)25-12-14-31-15-13-25/h1-9,21H,10-18H2. The number of nitrogens with zero attached hydrogens (tertiary/aromatic N) is 4. The van der Waals surface area contributed by atoms with Crippen molar-refractivity contribution in [1.29, 1.82) is 0 Å². The van der Waals surface area contributed by atoms with Crippen molar-refractivity contribution in [2.75, 3.05) is 57.4 Å². The van der Waals surface area contributed by atoms with Gasteiger partial charge < -0.3 is 24.3 Å². The SMILES string of the molecule is O=C(c1ccccc1)N1CCN2c3ccccc3CN(C(=O)N3CCOCC3)CC2C1. The minimum atomic E-state index is 0.0591. The first-order valence-electron chi connectivity index (χ1n) is 11.0. The molecule has 0 N–H and O–H groups in total. The van der Waals surface area contributed by atoms with Crippen molar-refractivity contribution < 1.29 is 14.3 Å². The molecule has 3 aliphatic rings. The van der Waals surface area contributed by atoms with E-state index in [0.29, 0.717) is 58.0 Å². The van der Waals surface area contributed by atoms with Crippen LogP contribution in [0.3, 0.4) is 0 Å². The van der Waals surface area contributed by atoms with E-state index in [1.54, 1.807) is 0 Å². The van der Waals surface area contributed by atoms with E-state index in [1.165, 1.54) is 5.69 Å². The Labute approximate surface area is 182 Å². The summed E-state index contributed by atoms with van der Waals surface area (Å²) >= 11 is 0. The summed E-state index contributed by atoms with van der Waals surface area (Å²) < 4.78 is 5.42. The van der Waals surface area contributed by atoms with Gasteiger partial charge in [-0.1, -0.05) is 36.4 Å². The zero-order valence-electron chi connectivity index (χ0n) is 17.7. The normalized spacial score (nSPS) is 21.2. The number of piperazine rings is 1. The fourth-order valence-corrected chi connectivity index (χ4v) is 4.83. The van der Waals surface area contributed by atoms with Crippen LogP contribution in [0.25, 0.3) is 0 Å². The van der Waals surface area contributed by atoms with Crippen LogP contribution >= 0.6 is 0 Å². The molecule has 5 rings (SSSR count). The van der Waals surface area contributed by atoms with Crippen LogP contribution in [-0.2, 0) is 11.3 Å². The van der Waals surface area contributed by atoms with E-state index in [0.717, 1.165) is 12.1 Å². The van der Waals surface area contributed by atoms with Gasteiger partial charge in [-0.3, -0.25) is 4.79 Å². The van der Waals surface area contributed by atoms with Crippen molar-refractivity contribution in [3.05, 3.63) is 65.7 Å². The van der Waals surface area contributed by atoms with Crippen molar-refractivity contribution in [2.24, 2.45) is 0 Å². The number of fused-ring (bicyclic) bond motifs is 3. The third kappa shape index (κ3) is 3.97. The van der Waals surface area contributed by atoms with Gasteiger partial charge in [0.15, 0.2) is 0 Å². The van der Waals surface area contributed by atoms with Gasteiger partial charge in [-0.2, -0.15) is 0 Å². The number of amides is 3. The molecule has 2 fully saturated rings. The van der Waals surface area contributed by atoms with Gasteiger partial charge in [0.2, 0.25) is 0 Å². The molecule has 1 unspecified atom stereocenters. The summed E-state index contributed by atoms with van der Waals surface area (Å²) in [4.78, 5) is 34.6. The molecule has 0 aromatic heterocycles. The molecule has 0 saturated carbocycles. The van der Waals surface area contributed by atoms with Crippen LogP contribution in [0.5, 0.6) is 0 Å². The van der Waals surface area contributed by atoms with E-state index in [9.17, 15) is 9.59 Å². The van der Waals surface area contributed by atoms with Crippen LogP contribution in [0.1, 0.15) is 15.9 Å². The van der Waals surface area contributed by atoms with E-state index in [2.05, 4.69) is 23.1 Å². The second-order valence-electron chi connectivity index (χ2n) is 8.36. The van der Waals surface area contributed by atoms with Crippen LogP contribution in [0.15, 0.2) is 54.6 Å². The van der Waals surface area contributed by atoms with E-state index < -0.39 is 0 Å². The van der Waals surface area contributed by atoms with E-state index in [4.69, 9.17) is 4.74 Å². The molecule has 0 spiro atoms. The van der Waals surface area contributed by atoms with Crippen LogP contribution < -0.4 is 4.90 Å². The van der Waals surface area contributed by atoms with Gasteiger partial charge in [0, 0.05) is 57.1 Å². The predicted octanol–water partition coefficient (Wildman–Crippen LogP) is 2.29. The van der Waals surface area contributed by atoms with Crippen LogP contribution in [-0.4, -0.2) is 85.2 Å². The molecule has 0 bridgehead atoms. The molecule has 2 saturated heterocycles. The Balaban J connectivity index is 1.40. The molecule has 7 heteroatoms. The molecule has 0 radical (unpaired) electrons. The number of benzene rings is 2. The van der Waals surface area contributed by atoms with Crippen molar-refractivity contribution in [2.45, 2.75) is 12.6 Å². The molecule has 3 amide bonds. The molecule has 1 atom stereocenters. The first kappa shape index (κ1) is 19.9.